The lowest BCUT2D eigenvalue weighted by Gasteiger charge is -2.22. The highest BCUT2D eigenvalue weighted by atomic mass is 15.3. The van der Waals surface area contributed by atoms with Crippen LogP contribution < -0.4 is 10.2 Å². The molecule has 26 heavy (non-hydrogen) atoms. The van der Waals surface area contributed by atoms with E-state index in [0.29, 0.717) is 0 Å². The van der Waals surface area contributed by atoms with Gasteiger partial charge in [-0.25, -0.2) is 0 Å². The van der Waals surface area contributed by atoms with Crippen molar-refractivity contribution < 1.29 is 0 Å². The molecular weight excluding hydrogens is 320 g/mol. The summed E-state index contributed by atoms with van der Waals surface area (Å²) in [6.45, 7) is 10.9. The Morgan fingerprint density at radius 1 is 1.19 bits per heavy atom. The third kappa shape index (κ3) is 3.59. The standard InChI is InChI=1S/C22H28N4/c1-5-13-26(14-12-23-6-2)22-20-16-19(18-10-8-7-9-11-18)17(3)15-21(20)25(4)24-22/h6-11,15-16,23H,2,5,12-14H2,1,3-4H3. The largest absolute Gasteiger partial charge is 0.390 e. The number of rotatable bonds is 8. The van der Waals surface area contributed by atoms with Gasteiger partial charge in [-0.15, -0.1) is 0 Å². The third-order valence-corrected chi connectivity index (χ3v) is 4.73. The summed E-state index contributed by atoms with van der Waals surface area (Å²) < 4.78 is 2.00. The van der Waals surface area contributed by atoms with Crippen molar-refractivity contribution in [3.05, 3.63) is 60.8 Å². The summed E-state index contributed by atoms with van der Waals surface area (Å²) in [6, 6.07) is 15.1. The topological polar surface area (TPSA) is 33.1 Å². The lowest BCUT2D eigenvalue weighted by atomic mass is 9.98. The second-order valence-electron chi connectivity index (χ2n) is 6.64. The molecule has 0 aliphatic rings. The molecule has 1 heterocycles. The van der Waals surface area contributed by atoms with E-state index in [2.05, 4.69) is 73.1 Å². The van der Waals surface area contributed by atoms with Crippen molar-refractivity contribution in [3.8, 4) is 11.1 Å². The Morgan fingerprint density at radius 3 is 2.65 bits per heavy atom. The zero-order valence-corrected chi connectivity index (χ0v) is 16.0. The van der Waals surface area contributed by atoms with Crippen LogP contribution in [-0.4, -0.2) is 29.4 Å². The van der Waals surface area contributed by atoms with Crippen LogP contribution in [0.5, 0.6) is 0 Å². The molecule has 2 aromatic carbocycles. The van der Waals surface area contributed by atoms with Crippen molar-refractivity contribution in [1.82, 2.24) is 15.1 Å². The van der Waals surface area contributed by atoms with Gasteiger partial charge in [-0.2, -0.15) is 5.10 Å². The molecule has 0 bridgehead atoms. The van der Waals surface area contributed by atoms with E-state index < -0.39 is 0 Å². The van der Waals surface area contributed by atoms with Gasteiger partial charge in [0, 0.05) is 32.1 Å². The SMILES string of the molecule is C=CNCCN(CCC)c1nn(C)c2cc(C)c(-c3ccccc3)cc12. The van der Waals surface area contributed by atoms with Gasteiger partial charge in [0.25, 0.3) is 0 Å². The molecular formula is C22H28N4. The zero-order chi connectivity index (χ0) is 18.5. The number of fused-ring (bicyclic) bond motifs is 1. The maximum absolute atomic E-state index is 4.85. The van der Waals surface area contributed by atoms with Crippen LogP contribution in [0, 0.1) is 6.92 Å². The molecule has 0 atom stereocenters. The number of benzene rings is 2. The minimum atomic E-state index is 0.860. The Kier molecular flexibility index (Phi) is 5.61. The minimum absolute atomic E-state index is 0.860. The molecule has 1 N–H and O–H groups in total. The lowest BCUT2D eigenvalue weighted by Crippen LogP contribution is -2.31. The van der Waals surface area contributed by atoms with Gasteiger partial charge in [0.15, 0.2) is 5.82 Å². The van der Waals surface area contributed by atoms with Gasteiger partial charge in [0.2, 0.25) is 0 Å². The van der Waals surface area contributed by atoms with Crippen LogP contribution in [0.15, 0.2) is 55.2 Å². The number of anilines is 1. The highest BCUT2D eigenvalue weighted by molar-refractivity contribution is 5.95. The van der Waals surface area contributed by atoms with Gasteiger partial charge >= 0.3 is 0 Å². The molecule has 0 amide bonds. The molecule has 0 spiro atoms. The summed E-state index contributed by atoms with van der Waals surface area (Å²) in [6.07, 6.45) is 2.83. The average Bonchev–Trinajstić information content (AvgIpc) is 2.97. The molecule has 0 saturated carbocycles. The van der Waals surface area contributed by atoms with Gasteiger partial charge in [0.1, 0.15) is 0 Å². The molecule has 3 aromatic rings. The van der Waals surface area contributed by atoms with E-state index in [-0.39, 0.29) is 0 Å². The van der Waals surface area contributed by atoms with Gasteiger partial charge in [-0.05, 0) is 48.4 Å². The van der Waals surface area contributed by atoms with Crippen LogP contribution in [0.4, 0.5) is 5.82 Å². The first-order chi connectivity index (χ1) is 12.7. The first kappa shape index (κ1) is 18.1. The smallest absolute Gasteiger partial charge is 0.158 e. The van der Waals surface area contributed by atoms with Crippen LogP contribution in [0.25, 0.3) is 22.0 Å². The normalized spacial score (nSPS) is 10.9. The molecule has 4 nitrogen and oxygen atoms in total. The predicted molar refractivity (Wildman–Crippen MR) is 112 cm³/mol. The van der Waals surface area contributed by atoms with E-state index in [1.54, 1.807) is 6.20 Å². The molecule has 4 heteroatoms. The Hall–Kier alpha value is -2.75. The second kappa shape index (κ2) is 8.09. The molecule has 3 rings (SSSR count). The Morgan fingerprint density at radius 2 is 1.96 bits per heavy atom. The van der Waals surface area contributed by atoms with E-state index in [0.717, 1.165) is 31.9 Å². The highest BCUT2D eigenvalue weighted by Crippen LogP contribution is 2.33. The summed E-state index contributed by atoms with van der Waals surface area (Å²) in [7, 11) is 2.03. The van der Waals surface area contributed by atoms with Crippen LogP contribution in [-0.2, 0) is 7.05 Å². The number of hydrogen-bond acceptors (Lipinski definition) is 3. The van der Waals surface area contributed by atoms with Gasteiger partial charge < -0.3 is 10.2 Å². The van der Waals surface area contributed by atoms with Crippen LogP contribution in [0.1, 0.15) is 18.9 Å². The molecule has 1 aromatic heterocycles. The van der Waals surface area contributed by atoms with E-state index in [1.165, 1.54) is 27.6 Å². The van der Waals surface area contributed by atoms with Crippen molar-refractivity contribution >= 4 is 16.7 Å². The first-order valence-electron chi connectivity index (χ1n) is 9.27. The lowest BCUT2D eigenvalue weighted by molar-refractivity contribution is 0.701. The van der Waals surface area contributed by atoms with Gasteiger partial charge in [0.05, 0.1) is 5.52 Å². The first-order valence-corrected chi connectivity index (χ1v) is 9.27. The molecule has 0 aliphatic heterocycles. The molecule has 0 aliphatic carbocycles. The summed E-state index contributed by atoms with van der Waals surface area (Å²) in [5.41, 5.74) is 4.97. The number of hydrogen-bond donors (Lipinski definition) is 1. The number of nitrogens with zero attached hydrogens (tertiary/aromatic N) is 3. The number of nitrogens with one attached hydrogen (secondary N) is 1. The molecule has 0 saturated heterocycles. The summed E-state index contributed by atoms with van der Waals surface area (Å²) in [5, 5.41) is 9.26. The maximum atomic E-state index is 4.85. The fourth-order valence-electron chi connectivity index (χ4n) is 3.45. The maximum Gasteiger partial charge on any atom is 0.158 e. The fraction of sp³-hybridized carbons (Fsp3) is 0.318. The third-order valence-electron chi connectivity index (χ3n) is 4.73. The summed E-state index contributed by atoms with van der Waals surface area (Å²) in [5.74, 6) is 1.06. The summed E-state index contributed by atoms with van der Waals surface area (Å²) in [4.78, 5) is 2.36. The molecule has 0 radical (unpaired) electrons. The van der Waals surface area contributed by atoms with E-state index in [4.69, 9.17) is 5.10 Å². The average molecular weight is 348 g/mol. The van der Waals surface area contributed by atoms with Crippen molar-refractivity contribution in [2.45, 2.75) is 20.3 Å². The van der Waals surface area contributed by atoms with Crippen LogP contribution in [0.3, 0.4) is 0 Å². The van der Waals surface area contributed by atoms with Crippen LogP contribution >= 0.6 is 0 Å². The van der Waals surface area contributed by atoms with Gasteiger partial charge in [-0.3, -0.25) is 4.68 Å². The predicted octanol–water partition coefficient (Wildman–Crippen LogP) is 4.50. The van der Waals surface area contributed by atoms with E-state index in [9.17, 15) is 0 Å². The number of aryl methyl sites for hydroxylation is 2. The molecule has 136 valence electrons. The fourth-order valence-corrected chi connectivity index (χ4v) is 3.45. The Bertz CT molecular complexity index is 880. The quantitative estimate of drug-likeness (QED) is 0.609. The van der Waals surface area contributed by atoms with Crippen LogP contribution in [0.2, 0.25) is 0 Å². The molecule has 0 fully saturated rings. The highest BCUT2D eigenvalue weighted by Gasteiger charge is 2.17. The van der Waals surface area contributed by atoms with E-state index >= 15 is 0 Å². The number of aromatic nitrogens is 2. The van der Waals surface area contributed by atoms with Crippen molar-refractivity contribution in [2.24, 2.45) is 7.05 Å². The monoisotopic (exact) mass is 348 g/mol. The second-order valence-corrected chi connectivity index (χ2v) is 6.64. The van der Waals surface area contributed by atoms with Crippen molar-refractivity contribution in [2.75, 3.05) is 24.5 Å². The minimum Gasteiger partial charge on any atom is -0.390 e. The van der Waals surface area contributed by atoms with Gasteiger partial charge in [-0.1, -0.05) is 43.8 Å². The summed E-state index contributed by atoms with van der Waals surface area (Å²) >= 11 is 0. The van der Waals surface area contributed by atoms with E-state index in [1.807, 2.05) is 11.7 Å². The molecule has 0 unspecified atom stereocenters. The Balaban J connectivity index is 2.09. The van der Waals surface area contributed by atoms with Crippen molar-refractivity contribution in [3.63, 3.8) is 0 Å². The van der Waals surface area contributed by atoms with Crippen molar-refractivity contribution in [1.29, 1.82) is 0 Å². The zero-order valence-electron chi connectivity index (χ0n) is 16.0. The Labute approximate surface area is 156 Å².